The number of nitrogens with one attached hydrogen (secondary N) is 2. The zero-order chi connectivity index (χ0) is 17.9. The molecule has 1 fully saturated rings. The van der Waals surface area contributed by atoms with E-state index in [0.717, 1.165) is 35.1 Å². The molecule has 4 rings (SSSR count). The van der Waals surface area contributed by atoms with Gasteiger partial charge in [-0.05, 0) is 36.6 Å². The molecule has 6 heteroatoms. The second kappa shape index (κ2) is 7.17. The first-order valence-corrected chi connectivity index (χ1v) is 8.97. The van der Waals surface area contributed by atoms with E-state index in [1.165, 1.54) is 0 Å². The van der Waals surface area contributed by atoms with Gasteiger partial charge in [0.05, 0.1) is 17.8 Å². The third-order valence-corrected chi connectivity index (χ3v) is 4.93. The topological polar surface area (TPSA) is 87.0 Å². The van der Waals surface area contributed by atoms with Crippen molar-refractivity contribution in [2.75, 3.05) is 18.4 Å². The number of hydrogen-bond acceptors (Lipinski definition) is 4. The smallest absolute Gasteiger partial charge is 0.239 e. The van der Waals surface area contributed by atoms with Crippen molar-refractivity contribution in [3.05, 3.63) is 60.3 Å². The molecule has 1 saturated heterocycles. The number of amides is 1. The van der Waals surface area contributed by atoms with Crippen molar-refractivity contribution in [1.82, 2.24) is 15.1 Å². The monoisotopic (exact) mass is 349 g/mol. The van der Waals surface area contributed by atoms with Crippen molar-refractivity contribution in [2.45, 2.75) is 24.9 Å². The van der Waals surface area contributed by atoms with E-state index < -0.39 is 6.04 Å². The van der Waals surface area contributed by atoms with Gasteiger partial charge in [0, 0.05) is 30.2 Å². The first kappa shape index (κ1) is 16.6. The SMILES string of the molecule is N[C@@H](Cc1ccccc1)C(=O)N1CCC(Nc2ccc3[nH]ncc3c2)C1. The van der Waals surface area contributed by atoms with E-state index in [1.54, 1.807) is 0 Å². The Morgan fingerprint density at radius 2 is 2.15 bits per heavy atom. The zero-order valence-electron chi connectivity index (χ0n) is 14.6. The Kier molecular flexibility index (Phi) is 4.58. The third-order valence-electron chi connectivity index (χ3n) is 4.93. The lowest BCUT2D eigenvalue weighted by atomic mass is 10.1. The van der Waals surface area contributed by atoms with Crippen molar-refractivity contribution in [3.63, 3.8) is 0 Å². The van der Waals surface area contributed by atoms with Crippen molar-refractivity contribution in [3.8, 4) is 0 Å². The molecule has 0 saturated carbocycles. The highest BCUT2D eigenvalue weighted by Gasteiger charge is 2.29. The maximum atomic E-state index is 12.6. The number of hydrogen-bond donors (Lipinski definition) is 3. The molecule has 0 aliphatic carbocycles. The first-order chi connectivity index (χ1) is 12.7. The summed E-state index contributed by atoms with van der Waals surface area (Å²) < 4.78 is 0. The van der Waals surface area contributed by atoms with Gasteiger partial charge in [0.25, 0.3) is 0 Å². The fourth-order valence-electron chi connectivity index (χ4n) is 3.54. The van der Waals surface area contributed by atoms with Crippen LogP contribution < -0.4 is 11.1 Å². The van der Waals surface area contributed by atoms with Crippen molar-refractivity contribution < 1.29 is 4.79 Å². The van der Waals surface area contributed by atoms with Crippen molar-refractivity contribution >= 4 is 22.5 Å². The standard InChI is InChI=1S/C20H23N5O/c21-18(10-14-4-2-1-3-5-14)20(26)25-9-8-17(13-25)23-16-6-7-19-15(11-16)12-22-24-19/h1-7,11-12,17-18,23H,8-10,13,21H2,(H,22,24)/t17?,18-/m0/s1. The molecule has 1 unspecified atom stereocenters. The van der Waals surface area contributed by atoms with Gasteiger partial charge < -0.3 is 16.0 Å². The molecule has 0 spiro atoms. The number of H-pyrrole nitrogens is 1. The highest BCUT2D eigenvalue weighted by Crippen LogP contribution is 2.21. The summed E-state index contributed by atoms with van der Waals surface area (Å²) in [6, 6.07) is 15.8. The molecule has 2 aromatic carbocycles. The van der Waals surface area contributed by atoms with E-state index in [0.29, 0.717) is 13.0 Å². The Morgan fingerprint density at radius 1 is 1.31 bits per heavy atom. The molecule has 1 aliphatic rings. The summed E-state index contributed by atoms with van der Waals surface area (Å²) in [7, 11) is 0. The van der Waals surface area contributed by atoms with Gasteiger partial charge >= 0.3 is 0 Å². The average molecular weight is 349 g/mol. The van der Waals surface area contributed by atoms with Crippen LogP contribution in [0.15, 0.2) is 54.7 Å². The van der Waals surface area contributed by atoms with Gasteiger partial charge in [0.1, 0.15) is 0 Å². The molecule has 6 nitrogen and oxygen atoms in total. The molecule has 2 atom stereocenters. The van der Waals surface area contributed by atoms with E-state index in [1.807, 2.05) is 53.6 Å². The minimum Gasteiger partial charge on any atom is -0.380 e. The average Bonchev–Trinajstić information content (AvgIpc) is 3.31. The lowest BCUT2D eigenvalue weighted by molar-refractivity contribution is -0.131. The normalized spacial score (nSPS) is 18.2. The van der Waals surface area contributed by atoms with Crippen LogP contribution in [0.2, 0.25) is 0 Å². The maximum Gasteiger partial charge on any atom is 0.239 e. The largest absolute Gasteiger partial charge is 0.380 e. The Balaban J connectivity index is 1.34. The molecule has 26 heavy (non-hydrogen) atoms. The van der Waals surface area contributed by atoms with Crippen LogP contribution >= 0.6 is 0 Å². The van der Waals surface area contributed by atoms with Crippen LogP contribution in [0.1, 0.15) is 12.0 Å². The van der Waals surface area contributed by atoms with E-state index in [-0.39, 0.29) is 11.9 Å². The summed E-state index contributed by atoms with van der Waals surface area (Å²) in [6.07, 6.45) is 3.31. The molecule has 0 bridgehead atoms. The Hall–Kier alpha value is -2.86. The summed E-state index contributed by atoms with van der Waals surface area (Å²) in [5.41, 5.74) is 9.32. The Bertz CT molecular complexity index is 891. The second-order valence-corrected chi connectivity index (χ2v) is 6.88. The molecule has 1 aliphatic heterocycles. The van der Waals surface area contributed by atoms with Crippen molar-refractivity contribution in [2.24, 2.45) is 5.73 Å². The van der Waals surface area contributed by atoms with E-state index >= 15 is 0 Å². The van der Waals surface area contributed by atoms with Crippen LogP contribution in [-0.4, -0.2) is 46.2 Å². The number of benzene rings is 2. The van der Waals surface area contributed by atoms with Crippen LogP contribution in [0, 0.1) is 0 Å². The first-order valence-electron chi connectivity index (χ1n) is 8.97. The van der Waals surface area contributed by atoms with Crippen LogP contribution in [0.3, 0.4) is 0 Å². The summed E-state index contributed by atoms with van der Waals surface area (Å²) in [4.78, 5) is 14.5. The molecule has 1 aromatic heterocycles. The van der Waals surface area contributed by atoms with Gasteiger partial charge in [0.2, 0.25) is 5.91 Å². The fraction of sp³-hybridized carbons (Fsp3) is 0.300. The van der Waals surface area contributed by atoms with Gasteiger partial charge in [-0.25, -0.2) is 0 Å². The van der Waals surface area contributed by atoms with Crippen LogP contribution in [0.4, 0.5) is 5.69 Å². The number of rotatable bonds is 5. The lowest BCUT2D eigenvalue weighted by Gasteiger charge is -2.21. The molecular weight excluding hydrogens is 326 g/mol. The Morgan fingerprint density at radius 3 is 3.00 bits per heavy atom. The molecule has 4 N–H and O–H groups in total. The minimum atomic E-state index is -0.488. The predicted octanol–water partition coefficient (Wildman–Crippen LogP) is 2.15. The van der Waals surface area contributed by atoms with Crippen LogP contribution in [-0.2, 0) is 11.2 Å². The minimum absolute atomic E-state index is 0.0310. The number of nitrogens with zero attached hydrogens (tertiary/aromatic N) is 2. The number of likely N-dealkylation sites (tertiary alicyclic amines) is 1. The van der Waals surface area contributed by atoms with E-state index in [9.17, 15) is 4.79 Å². The molecule has 134 valence electrons. The van der Waals surface area contributed by atoms with Crippen LogP contribution in [0.5, 0.6) is 0 Å². The van der Waals surface area contributed by atoms with E-state index in [2.05, 4.69) is 21.6 Å². The van der Waals surface area contributed by atoms with Gasteiger partial charge in [-0.2, -0.15) is 5.10 Å². The van der Waals surface area contributed by atoms with Crippen molar-refractivity contribution in [1.29, 1.82) is 0 Å². The second-order valence-electron chi connectivity index (χ2n) is 6.88. The Labute approximate surface area is 152 Å². The number of anilines is 1. The highest BCUT2D eigenvalue weighted by atomic mass is 16.2. The van der Waals surface area contributed by atoms with Crippen LogP contribution in [0.25, 0.3) is 10.9 Å². The number of aromatic nitrogens is 2. The fourth-order valence-corrected chi connectivity index (χ4v) is 3.54. The maximum absolute atomic E-state index is 12.6. The molecule has 0 radical (unpaired) electrons. The molecule has 3 aromatic rings. The predicted molar refractivity (Wildman–Crippen MR) is 103 cm³/mol. The number of nitrogens with two attached hydrogens (primary N) is 1. The summed E-state index contributed by atoms with van der Waals surface area (Å²) in [5, 5.41) is 11.6. The summed E-state index contributed by atoms with van der Waals surface area (Å²) in [5.74, 6) is 0.0310. The number of carbonyl (C=O) groups excluding carboxylic acids is 1. The lowest BCUT2D eigenvalue weighted by Crippen LogP contribution is -2.44. The molecule has 2 heterocycles. The molecule has 1 amide bonds. The number of aromatic amines is 1. The van der Waals surface area contributed by atoms with Gasteiger partial charge in [-0.15, -0.1) is 0 Å². The highest BCUT2D eigenvalue weighted by molar-refractivity contribution is 5.83. The number of carbonyl (C=O) groups is 1. The van der Waals surface area contributed by atoms with E-state index in [4.69, 9.17) is 5.73 Å². The van der Waals surface area contributed by atoms with Gasteiger partial charge in [-0.3, -0.25) is 9.89 Å². The zero-order valence-corrected chi connectivity index (χ0v) is 14.6. The molecular formula is C20H23N5O. The third kappa shape index (κ3) is 3.55. The van der Waals surface area contributed by atoms with Gasteiger partial charge in [0.15, 0.2) is 0 Å². The summed E-state index contributed by atoms with van der Waals surface area (Å²) >= 11 is 0. The summed E-state index contributed by atoms with van der Waals surface area (Å²) in [6.45, 7) is 1.43. The number of fused-ring (bicyclic) bond motifs is 1. The quantitative estimate of drug-likeness (QED) is 0.659. The van der Waals surface area contributed by atoms with Gasteiger partial charge in [-0.1, -0.05) is 30.3 Å².